The van der Waals surface area contributed by atoms with E-state index in [-0.39, 0.29) is 17.1 Å². The molecule has 16 heavy (non-hydrogen) atoms. The summed E-state index contributed by atoms with van der Waals surface area (Å²) in [5.41, 5.74) is 12.3. The Bertz CT molecular complexity index is 235. The molecule has 1 rings (SSSR count). The van der Waals surface area contributed by atoms with E-state index < -0.39 is 0 Å². The van der Waals surface area contributed by atoms with Gasteiger partial charge in [-0.1, -0.05) is 0 Å². The van der Waals surface area contributed by atoms with Crippen LogP contribution in [0.2, 0.25) is 0 Å². The molecule has 4 N–H and O–H groups in total. The van der Waals surface area contributed by atoms with E-state index in [2.05, 4.69) is 39.6 Å². The summed E-state index contributed by atoms with van der Waals surface area (Å²) in [6.07, 6.45) is 3.43. The second kappa shape index (κ2) is 4.63. The summed E-state index contributed by atoms with van der Waals surface area (Å²) in [4.78, 5) is 2.43. The second-order valence-corrected chi connectivity index (χ2v) is 6.45. The number of rotatable bonds is 3. The average molecular weight is 227 g/mol. The molecule has 0 radical (unpaired) electrons. The topological polar surface area (TPSA) is 55.3 Å². The van der Waals surface area contributed by atoms with Gasteiger partial charge in [-0.25, -0.2) is 0 Å². The summed E-state index contributed by atoms with van der Waals surface area (Å²) in [7, 11) is 2.19. The van der Waals surface area contributed by atoms with Gasteiger partial charge in [-0.2, -0.15) is 0 Å². The van der Waals surface area contributed by atoms with E-state index in [9.17, 15) is 0 Å². The Hall–Kier alpha value is -0.120. The summed E-state index contributed by atoms with van der Waals surface area (Å²) < 4.78 is 0. The molecule has 2 unspecified atom stereocenters. The van der Waals surface area contributed by atoms with Crippen molar-refractivity contribution in [1.82, 2.24) is 4.90 Å². The molecule has 1 aliphatic rings. The fourth-order valence-electron chi connectivity index (χ4n) is 3.15. The van der Waals surface area contributed by atoms with Crippen LogP contribution >= 0.6 is 0 Å². The maximum Gasteiger partial charge on any atom is 0.0309 e. The fourth-order valence-corrected chi connectivity index (χ4v) is 3.15. The highest BCUT2D eigenvalue weighted by Crippen LogP contribution is 2.40. The van der Waals surface area contributed by atoms with Crippen LogP contribution in [0.15, 0.2) is 0 Å². The second-order valence-electron chi connectivity index (χ2n) is 6.45. The Morgan fingerprint density at radius 1 is 1.25 bits per heavy atom. The van der Waals surface area contributed by atoms with Crippen molar-refractivity contribution in [2.45, 2.75) is 64.1 Å². The number of likely N-dealkylation sites (N-methyl/N-ethyl adjacent to an activating group) is 1. The molecule has 1 fully saturated rings. The number of nitrogens with zero attached hydrogens (tertiary/aromatic N) is 1. The minimum atomic E-state index is 0.0705. The standard InChI is InChI=1S/C13H29N3/c1-12(2)9-10(7-6-8-14)11(15)13(3,4)16(12)5/h10-11H,6-9,14-15H2,1-5H3. The molecular formula is C13H29N3. The van der Waals surface area contributed by atoms with E-state index in [1.54, 1.807) is 0 Å². The van der Waals surface area contributed by atoms with Crippen LogP contribution in [0.25, 0.3) is 0 Å². The van der Waals surface area contributed by atoms with Crippen molar-refractivity contribution in [1.29, 1.82) is 0 Å². The summed E-state index contributed by atoms with van der Waals surface area (Å²) >= 11 is 0. The van der Waals surface area contributed by atoms with Crippen LogP contribution in [0.4, 0.5) is 0 Å². The van der Waals surface area contributed by atoms with Crippen LogP contribution in [-0.4, -0.2) is 35.6 Å². The highest BCUT2D eigenvalue weighted by atomic mass is 15.3. The SMILES string of the molecule is CN1C(C)(C)CC(CCCN)C(N)C1(C)C. The Morgan fingerprint density at radius 3 is 2.31 bits per heavy atom. The number of nitrogens with two attached hydrogens (primary N) is 2. The van der Waals surface area contributed by atoms with E-state index >= 15 is 0 Å². The summed E-state index contributed by atoms with van der Waals surface area (Å²) in [6.45, 7) is 9.92. The van der Waals surface area contributed by atoms with Gasteiger partial charge in [-0.15, -0.1) is 0 Å². The van der Waals surface area contributed by atoms with E-state index in [0.29, 0.717) is 5.92 Å². The third-order valence-electron chi connectivity index (χ3n) is 4.64. The molecule has 1 saturated heterocycles. The first-order valence-corrected chi connectivity index (χ1v) is 6.43. The number of hydrogen-bond donors (Lipinski definition) is 2. The Kier molecular flexibility index (Phi) is 4.04. The van der Waals surface area contributed by atoms with E-state index in [1.807, 2.05) is 0 Å². The van der Waals surface area contributed by atoms with Gasteiger partial charge >= 0.3 is 0 Å². The number of likely N-dealkylation sites (tertiary alicyclic amines) is 1. The minimum Gasteiger partial charge on any atom is -0.330 e. The first-order chi connectivity index (χ1) is 7.23. The fraction of sp³-hybridized carbons (Fsp3) is 1.00. The Labute approximate surface area is 101 Å². The Balaban J connectivity index is 2.83. The quantitative estimate of drug-likeness (QED) is 0.769. The van der Waals surface area contributed by atoms with Crippen LogP contribution in [0.3, 0.4) is 0 Å². The van der Waals surface area contributed by atoms with Gasteiger partial charge in [0.2, 0.25) is 0 Å². The van der Waals surface area contributed by atoms with Crippen LogP contribution in [0, 0.1) is 5.92 Å². The summed E-state index contributed by atoms with van der Waals surface area (Å²) in [5, 5.41) is 0. The van der Waals surface area contributed by atoms with Crippen molar-refractivity contribution < 1.29 is 0 Å². The van der Waals surface area contributed by atoms with Crippen molar-refractivity contribution in [2.24, 2.45) is 17.4 Å². The third-order valence-corrected chi connectivity index (χ3v) is 4.64. The van der Waals surface area contributed by atoms with Crippen molar-refractivity contribution in [2.75, 3.05) is 13.6 Å². The van der Waals surface area contributed by atoms with Crippen LogP contribution in [-0.2, 0) is 0 Å². The molecular weight excluding hydrogens is 198 g/mol. The highest BCUT2D eigenvalue weighted by molar-refractivity contribution is 5.05. The predicted molar refractivity (Wildman–Crippen MR) is 70.3 cm³/mol. The lowest BCUT2D eigenvalue weighted by molar-refractivity contribution is -0.0480. The average Bonchev–Trinajstić information content (AvgIpc) is 2.20. The summed E-state index contributed by atoms with van der Waals surface area (Å²) in [6, 6.07) is 0.247. The zero-order chi connectivity index (χ0) is 12.6. The highest BCUT2D eigenvalue weighted by Gasteiger charge is 2.47. The first-order valence-electron chi connectivity index (χ1n) is 6.43. The molecule has 0 bridgehead atoms. The molecule has 2 atom stereocenters. The van der Waals surface area contributed by atoms with Gasteiger partial charge in [0.05, 0.1) is 0 Å². The van der Waals surface area contributed by atoms with Gasteiger partial charge in [0.1, 0.15) is 0 Å². The van der Waals surface area contributed by atoms with Gasteiger partial charge < -0.3 is 11.5 Å². The normalized spacial score (nSPS) is 33.9. The van der Waals surface area contributed by atoms with Crippen molar-refractivity contribution in [3.63, 3.8) is 0 Å². The van der Waals surface area contributed by atoms with Gasteiger partial charge in [0.25, 0.3) is 0 Å². The van der Waals surface area contributed by atoms with Crippen LogP contribution in [0.1, 0.15) is 47.0 Å². The molecule has 0 saturated carbocycles. The molecule has 3 heteroatoms. The molecule has 0 spiro atoms. The minimum absolute atomic E-state index is 0.0705. The lowest BCUT2D eigenvalue weighted by Gasteiger charge is -2.57. The van der Waals surface area contributed by atoms with E-state index in [4.69, 9.17) is 11.5 Å². The Morgan fingerprint density at radius 2 is 1.81 bits per heavy atom. The smallest absolute Gasteiger partial charge is 0.0309 e. The zero-order valence-electron chi connectivity index (χ0n) is 11.6. The zero-order valence-corrected chi connectivity index (χ0v) is 11.6. The molecule has 0 amide bonds. The molecule has 0 aromatic rings. The molecule has 1 aliphatic heterocycles. The lowest BCUT2D eigenvalue weighted by Crippen LogP contribution is -2.68. The third kappa shape index (κ3) is 2.41. The largest absolute Gasteiger partial charge is 0.330 e. The van der Waals surface area contributed by atoms with E-state index in [1.165, 1.54) is 12.8 Å². The molecule has 0 aliphatic carbocycles. The maximum atomic E-state index is 6.43. The molecule has 3 nitrogen and oxygen atoms in total. The van der Waals surface area contributed by atoms with Crippen molar-refractivity contribution >= 4 is 0 Å². The van der Waals surface area contributed by atoms with Crippen molar-refractivity contribution in [3.05, 3.63) is 0 Å². The number of hydrogen-bond acceptors (Lipinski definition) is 3. The van der Waals surface area contributed by atoms with Crippen LogP contribution in [0.5, 0.6) is 0 Å². The molecule has 0 aromatic carbocycles. The monoisotopic (exact) mass is 227 g/mol. The van der Waals surface area contributed by atoms with Gasteiger partial charge in [-0.3, -0.25) is 4.90 Å². The molecule has 96 valence electrons. The maximum absolute atomic E-state index is 6.43. The van der Waals surface area contributed by atoms with Gasteiger partial charge in [0, 0.05) is 17.1 Å². The van der Waals surface area contributed by atoms with Crippen LogP contribution < -0.4 is 11.5 Å². The number of piperidine rings is 1. The molecule has 1 heterocycles. The van der Waals surface area contributed by atoms with E-state index in [0.717, 1.165) is 13.0 Å². The first kappa shape index (κ1) is 13.9. The van der Waals surface area contributed by atoms with Gasteiger partial charge in [-0.05, 0) is 66.5 Å². The summed E-state index contributed by atoms with van der Waals surface area (Å²) in [5.74, 6) is 0.602. The van der Waals surface area contributed by atoms with Gasteiger partial charge in [0.15, 0.2) is 0 Å². The van der Waals surface area contributed by atoms with Crippen molar-refractivity contribution in [3.8, 4) is 0 Å². The predicted octanol–water partition coefficient (Wildman–Crippen LogP) is 1.56. The molecule has 0 aromatic heterocycles. The lowest BCUT2D eigenvalue weighted by atomic mass is 9.69.